The summed E-state index contributed by atoms with van der Waals surface area (Å²) in [5.74, 6) is -1.52. The van der Waals surface area contributed by atoms with Crippen molar-refractivity contribution in [3.63, 3.8) is 0 Å². The van der Waals surface area contributed by atoms with Crippen LogP contribution < -0.4 is 4.74 Å². The van der Waals surface area contributed by atoms with Gasteiger partial charge < -0.3 is 4.74 Å². The lowest BCUT2D eigenvalue weighted by molar-refractivity contribution is -0.138. The molecule has 1 aromatic carbocycles. The zero-order valence-electron chi connectivity index (χ0n) is 9.53. The van der Waals surface area contributed by atoms with E-state index in [1.165, 1.54) is 12.1 Å². The summed E-state index contributed by atoms with van der Waals surface area (Å²) in [6, 6.07) is 2.78. The lowest BCUT2D eigenvalue weighted by Gasteiger charge is -2.11. The number of ether oxygens (including phenoxy) is 1. The van der Waals surface area contributed by atoms with Crippen LogP contribution in [0.1, 0.15) is 6.42 Å². The lowest BCUT2D eigenvalue weighted by atomic mass is 10.1. The fraction of sp³-hybridized carbons (Fsp3) is 0.364. The number of rotatable bonds is 2. The summed E-state index contributed by atoms with van der Waals surface area (Å²) >= 11 is 17.5. The number of benzene rings is 1. The predicted molar refractivity (Wildman–Crippen MR) is 73.9 cm³/mol. The Morgan fingerprint density at radius 2 is 1.79 bits per heavy atom. The van der Waals surface area contributed by atoms with Crippen LogP contribution >= 0.6 is 34.8 Å². The Morgan fingerprint density at radius 3 is 2.26 bits per heavy atom. The third kappa shape index (κ3) is 3.54. The van der Waals surface area contributed by atoms with E-state index in [2.05, 4.69) is 0 Å². The SMILES string of the molecule is O=C(Oc1c(Cl)cc(Cl)cc1Cl)C1CCS(=O)(=O)C1. The number of halogens is 3. The minimum absolute atomic E-state index is 0.00188. The zero-order valence-corrected chi connectivity index (χ0v) is 12.6. The monoisotopic (exact) mass is 342 g/mol. The molecule has 19 heavy (non-hydrogen) atoms. The maximum atomic E-state index is 11.9. The molecule has 8 heteroatoms. The fourth-order valence-electron chi connectivity index (χ4n) is 1.79. The molecule has 0 aromatic heterocycles. The van der Waals surface area contributed by atoms with Crippen LogP contribution in [0.15, 0.2) is 12.1 Å². The highest BCUT2D eigenvalue weighted by Crippen LogP contribution is 2.36. The number of esters is 1. The van der Waals surface area contributed by atoms with E-state index in [0.717, 1.165) is 0 Å². The number of sulfone groups is 1. The molecule has 1 saturated heterocycles. The van der Waals surface area contributed by atoms with Crippen LogP contribution in [0.25, 0.3) is 0 Å². The van der Waals surface area contributed by atoms with Gasteiger partial charge in [-0.15, -0.1) is 0 Å². The normalized spacial score (nSPS) is 21.3. The first kappa shape index (κ1) is 14.9. The molecule has 0 radical (unpaired) electrons. The third-order valence-electron chi connectivity index (χ3n) is 2.73. The van der Waals surface area contributed by atoms with Crippen molar-refractivity contribution in [2.24, 2.45) is 5.92 Å². The molecule has 1 aliphatic rings. The van der Waals surface area contributed by atoms with Crippen molar-refractivity contribution in [1.82, 2.24) is 0 Å². The summed E-state index contributed by atoms with van der Waals surface area (Å²) in [5.41, 5.74) is 0. The second kappa shape index (κ2) is 5.48. The van der Waals surface area contributed by atoms with Gasteiger partial charge in [0.25, 0.3) is 0 Å². The van der Waals surface area contributed by atoms with Gasteiger partial charge in [0.15, 0.2) is 15.6 Å². The third-order valence-corrected chi connectivity index (χ3v) is 5.28. The molecule has 0 amide bonds. The quantitative estimate of drug-likeness (QED) is 0.612. The molecule has 1 heterocycles. The number of carbonyl (C=O) groups is 1. The number of hydrogen-bond acceptors (Lipinski definition) is 4. The highest BCUT2D eigenvalue weighted by atomic mass is 35.5. The standard InChI is InChI=1S/C11H9Cl3O4S/c12-7-3-8(13)10(9(14)4-7)18-11(15)6-1-2-19(16,17)5-6/h3-4,6H,1-2,5H2. The van der Waals surface area contributed by atoms with Gasteiger partial charge in [0.2, 0.25) is 0 Å². The molecule has 0 bridgehead atoms. The van der Waals surface area contributed by atoms with E-state index in [9.17, 15) is 13.2 Å². The summed E-state index contributed by atoms with van der Waals surface area (Å²) in [4.78, 5) is 11.9. The van der Waals surface area contributed by atoms with Crippen LogP contribution in [0.5, 0.6) is 5.75 Å². The molecule has 0 N–H and O–H groups in total. The molecule has 0 spiro atoms. The van der Waals surface area contributed by atoms with Crippen LogP contribution in [-0.2, 0) is 14.6 Å². The van der Waals surface area contributed by atoms with E-state index < -0.39 is 21.7 Å². The van der Waals surface area contributed by atoms with Crippen molar-refractivity contribution in [1.29, 1.82) is 0 Å². The van der Waals surface area contributed by atoms with Crippen molar-refractivity contribution < 1.29 is 17.9 Å². The molecule has 0 saturated carbocycles. The molecule has 1 aliphatic heterocycles. The van der Waals surface area contributed by atoms with Gasteiger partial charge in [0.1, 0.15) is 0 Å². The number of carbonyl (C=O) groups excluding carboxylic acids is 1. The molecule has 1 aromatic rings. The second-order valence-electron chi connectivity index (χ2n) is 4.22. The maximum absolute atomic E-state index is 11.9. The van der Waals surface area contributed by atoms with Gasteiger partial charge >= 0.3 is 5.97 Å². The van der Waals surface area contributed by atoms with E-state index in [-0.39, 0.29) is 33.7 Å². The molecule has 0 aliphatic carbocycles. The first-order valence-corrected chi connectivity index (χ1v) is 8.31. The molecular formula is C11H9Cl3O4S. The first-order valence-electron chi connectivity index (χ1n) is 5.35. The van der Waals surface area contributed by atoms with Crippen LogP contribution in [-0.4, -0.2) is 25.9 Å². The summed E-state index contributed by atoms with van der Waals surface area (Å²) in [6.07, 6.45) is 0.254. The van der Waals surface area contributed by atoms with E-state index in [1.807, 2.05) is 0 Å². The largest absolute Gasteiger partial charge is 0.423 e. The average molecular weight is 344 g/mol. The van der Waals surface area contributed by atoms with Crippen LogP contribution in [0.4, 0.5) is 0 Å². The Bertz CT molecular complexity index is 604. The molecular weight excluding hydrogens is 335 g/mol. The smallest absolute Gasteiger partial charge is 0.315 e. The minimum atomic E-state index is -3.15. The minimum Gasteiger partial charge on any atom is -0.423 e. The fourth-order valence-corrected chi connectivity index (χ4v) is 4.41. The summed E-state index contributed by atoms with van der Waals surface area (Å²) < 4.78 is 27.7. The van der Waals surface area contributed by atoms with Crippen LogP contribution in [0.3, 0.4) is 0 Å². The Labute approximate surface area is 125 Å². The van der Waals surface area contributed by atoms with Crippen molar-refractivity contribution in [3.05, 3.63) is 27.2 Å². The Morgan fingerprint density at radius 1 is 1.21 bits per heavy atom. The Hall–Kier alpha value is -0.490. The lowest BCUT2D eigenvalue weighted by Crippen LogP contribution is -2.21. The summed E-state index contributed by atoms with van der Waals surface area (Å²) in [6.45, 7) is 0. The van der Waals surface area contributed by atoms with E-state index in [0.29, 0.717) is 5.02 Å². The molecule has 1 fully saturated rings. The average Bonchev–Trinajstić information content (AvgIpc) is 2.64. The van der Waals surface area contributed by atoms with E-state index in [4.69, 9.17) is 39.5 Å². The van der Waals surface area contributed by atoms with Gasteiger partial charge in [0, 0.05) is 5.02 Å². The van der Waals surface area contributed by atoms with Gasteiger partial charge in [-0.1, -0.05) is 34.8 Å². The maximum Gasteiger partial charge on any atom is 0.315 e. The molecule has 2 rings (SSSR count). The predicted octanol–water partition coefficient (Wildman–Crippen LogP) is 2.99. The topological polar surface area (TPSA) is 60.4 Å². The highest BCUT2D eigenvalue weighted by Gasteiger charge is 2.34. The van der Waals surface area contributed by atoms with Crippen molar-refractivity contribution in [2.75, 3.05) is 11.5 Å². The van der Waals surface area contributed by atoms with Crippen LogP contribution in [0.2, 0.25) is 15.1 Å². The molecule has 1 unspecified atom stereocenters. The Balaban J connectivity index is 2.16. The second-order valence-corrected chi connectivity index (χ2v) is 7.70. The first-order chi connectivity index (χ1) is 8.78. The summed E-state index contributed by atoms with van der Waals surface area (Å²) in [5, 5.41) is 0.525. The zero-order chi connectivity index (χ0) is 14.2. The van der Waals surface area contributed by atoms with Gasteiger partial charge in [-0.05, 0) is 18.6 Å². The van der Waals surface area contributed by atoms with Crippen molar-refractivity contribution in [3.8, 4) is 5.75 Å². The summed E-state index contributed by atoms with van der Waals surface area (Å²) in [7, 11) is -3.15. The number of hydrogen-bond donors (Lipinski definition) is 0. The van der Waals surface area contributed by atoms with Gasteiger partial charge in [0.05, 0.1) is 27.5 Å². The van der Waals surface area contributed by atoms with E-state index in [1.54, 1.807) is 0 Å². The molecule has 1 atom stereocenters. The van der Waals surface area contributed by atoms with Crippen molar-refractivity contribution in [2.45, 2.75) is 6.42 Å². The van der Waals surface area contributed by atoms with Gasteiger partial charge in [-0.3, -0.25) is 4.79 Å². The van der Waals surface area contributed by atoms with Gasteiger partial charge in [-0.25, -0.2) is 8.42 Å². The highest BCUT2D eigenvalue weighted by molar-refractivity contribution is 7.91. The Kier molecular flexibility index (Phi) is 4.30. The van der Waals surface area contributed by atoms with Crippen molar-refractivity contribution >= 4 is 50.6 Å². The molecule has 104 valence electrons. The van der Waals surface area contributed by atoms with E-state index >= 15 is 0 Å². The molecule has 4 nitrogen and oxygen atoms in total. The van der Waals surface area contributed by atoms with Gasteiger partial charge in [-0.2, -0.15) is 0 Å². The van der Waals surface area contributed by atoms with Crippen LogP contribution in [0, 0.1) is 5.92 Å².